The van der Waals surface area contributed by atoms with Crippen LogP contribution in [0.15, 0.2) is 24.3 Å². The Labute approximate surface area is 83.4 Å². The summed E-state index contributed by atoms with van der Waals surface area (Å²) in [5.74, 6) is 0.996. The Morgan fingerprint density at radius 1 is 1.33 bits per heavy atom. The van der Waals surface area contributed by atoms with Gasteiger partial charge in [0.15, 0.2) is 0 Å². The van der Waals surface area contributed by atoms with Crippen LogP contribution in [0.4, 0.5) is 0 Å². The van der Waals surface area contributed by atoms with Crippen molar-refractivity contribution in [2.75, 3.05) is 0 Å². The van der Waals surface area contributed by atoms with Crippen molar-refractivity contribution in [3.63, 3.8) is 0 Å². The Morgan fingerprint density at radius 2 is 1.92 bits per heavy atom. The second-order valence-electron chi connectivity index (χ2n) is 2.77. The number of hydrogen-bond donors (Lipinski definition) is 0. The molecule has 0 spiro atoms. The summed E-state index contributed by atoms with van der Waals surface area (Å²) in [6.07, 6.45) is 0. The minimum Gasteiger partial charge on any atom is -0.114 e. The zero-order chi connectivity index (χ0) is 8.97. The fourth-order valence-corrected chi connectivity index (χ4v) is 1.61. The monoisotopic (exact) mass is 196 g/mol. The van der Waals surface area contributed by atoms with Gasteiger partial charge in [-0.15, -0.1) is 11.8 Å². The van der Waals surface area contributed by atoms with Gasteiger partial charge in [-0.2, -0.15) is 0 Å². The molecule has 0 aliphatic rings. The van der Waals surface area contributed by atoms with E-state index in [0.717, 1.165) is 9.95 Å². The highest BCUT2D eigenvalue weighted by atomic mass is 32.2. The molecule has 12 heavy (non-hydrogen) atoms. The molecule has 0 aliphatic carbocycles. The van der Waals surface area contributed by atoms with Gasteiger partial charge in [-0.05, 0) is 19.4 Å². The van der Waals surface area contributed by atoms with Gasteiger partial charge in [-0.3, -0.25) is 0 Å². The van der Waals surface area contributed by atoms with E-state index in [1.807, 2.05) is 6.92 Å². The van der Waals surface area contributed by atoms with Gasteiger partial charge < -0.3 is 0 Å². The number of rotatable bonds is 2. The highest BCUT2D eigenvalue weighted by Crippen LogP contribution is 2.14. The molecule has 0 saturated heterocycles. The molecule has 0 heterocycles. The largest absolute Gasteiger partial charge is 0.114 e. The van der Waals surface area contributed by atoms with E-state index in [1.54, 1.807) is 11.8 Å². The van der Waals surface area contributed by atoms with Crippen molar-refractivity contribution in [3.8, 4) is 0 Å². The summed E-state index contributed by atoms with van der Waals surface area (Å²) in [6, 6.07) is 8.57. The first-order valence-electron chi connectivity index (χ1n) is 3.87. The average molecular weight is 196 g/mol. The topological polar surface area (TPSA) is 0 Å². The Bertz CT molecular complexity index is 262. The predicted molar refractivity (Wildman–Crippen MR) is 60.7 cm³/mol. The van der Waals surface area contributed by atoms with Gasteiger partial charge >= 0.3 is 0 Å². The molecule has 2 heteroatoms. The van der Waals surface area contributed by atoms with E-state index in [1.165, 1.54) is 11.1 Å². The molecule has 64 valence electrons. The lowest BCUT2D eigenvalue weighted by Crippen LogP contribution is -1.83. The summed E-state index contributed by atoms with van der Waals surface area (Å²) in [5, 5.41) is 0. The Kier molecular flexibility index (Phi) is 3.76. The SMILES string of the molecule is CC(=S)SCc1ccc(C)cc1. The second kappa shape index (κ2) is 4.63. The Balaban J connectivity index is 2.53. The van der Waals surface area contributed by atoms with E-state index < -0.39 is 0 Å². The van der Waals surface area contributed by atoms with Gasteiger partial charge in [0.25, 0.3) is 0 Å². The van der Waals surface area contributed by atoms with Crippen LogP contribution in [0.3, 0.4) is 0 Å². The van der Waals surface area contributed by atoms with Crippen LogP contribution >= 0.6 is 24.0 Å². The minimum absolute atomic E-state index is 0.996. The summed E-state index contributed by atoms with van der Waals surface area (Å²) in [5.41, 5.74) is 2.65. The van der Waals surface area contributed by atoms with Gasteiger partial charge in [0.2, 0.25) is 0 Å². The fraction of sp³-hybridized carbons (Fsp3) is 0.300. The van der Waals surface area contributed by atoms with E-state index >= 15 is 0 Å². The van der Waals surface area contributed by atoms with Crippen molar-refractivity contribution in [1.29, 1.82) is 0 Å². The molecule has 0 aliphatic heterocycles. The van der Waals surface area contributed by atoms with Crippen LogP contribution in [-0.2, 0) is 5.75 Å². The molecule has 1 rings (SSSR count). The zero-order valence-electron chi connectivity index (χ0n) is 7.33. The van der Waals surface area contributed by atoms with E-state index in [0.29, 0.717) is 0 Å². The lowest BCUT2D eigenvalue weighted by molar-refractivity contribution is 1.37. The maximum absolute atomic E-state index is 4.98. The molecule has 0 atom stereocenters. The van der Waals surface area contributed by atoms with Crippen LogP contribution in [0.2, 0.25) is 0 Å². The van der Waals surface area contributed by atoms with Crippen molar-refractivity contribution in [1.82, 2.24) is 0 Å². The first-order chi connectivity index (χ1) is 5.68. The van der Waals surface area contributed by atoms with Crippen LogP contribution in [0, 0.1) is 6.92 Å². The number of thiocarbonyl (C=S) groups is 1. The smallest absolute Gasteiger partial charge is 0.0450 e. The van der Waals surface area contributed by atoms with Gasteiger partial charge in [-0.1, -0.05) is 42.0 Å². The second-order valence-corrected chi connectivity index (χ2v) is 4.83. The van der Waals surface area contributed by atoms with Crippen molar-refractivity contribution in [2.45, 2.75) is 19.6 Å². The molecular formula is C10H12S2. The van der Waals surface area contributed by atoms with Crippen molar-refractivity contribution in [2.24, 2.45) is 0 Å². The quantitative estimate of drug-likeness (QED) is 0.663. The summed E-state index contributed by atoms with van der Waals surface area (Å²) < 4.78 is 1.01. The van der Waals surface area contributed by atoms with Crippen LogP contribution in [0.1, 0.15) is 18.1 Å². The molecule has 1 aromatic carbocycles. The molecule has 0 saturated carbocycles. The first kappa shape index (κ1) is 9.75. The Morgan fingerprint density at radius 3 is 2.42 bits per heavy atom. The highest BCUT2D eigenvalue weighted by molar-refractivity contribution is 8.22. The van der Waals surface area contributed by atoms with E-state index in [2.05, 4.69) is 31.2 Å². The summed E-state index contributed by atoms with van der Waals surface area (Å²) in [4.78, 5) is 0. The zero-order valence-corrected chi connectivity index (χ0v) is 8.97. The number of aryl methyl sites for hydroxylation is 1. The third kappa shape index (κ3) is 3.37. The average Bonchev–Trinajstić information content (AvgIpc) is 2.03. The van der Waals surface area contributed by atoms with Gasteiger partial charge in [0, 0.05) is 9.95 Å². The van der Waals surface area contributed by atoms with E-state index in [9.17, 15) is 0 Å². The molecule has 0 nitrogen and oxygen atoms in total. The molecule has 0 radical (unpaired) electrons. The first-order valence-corrected chi connectivity index (χ1v) is 5.27. The fourth-order valence-electron chi connectivity index (χ4n) is 0.869. The normalized spacial score (nSPS) is 9.83. The molecule has 0 unspecified atom stereocenters. The molecule has 0 bridgehead atoms. The van der Waals surface area contributed by atoms with Crippen LogP contribution in [0.25, 0.3) is 0 Å². The highest BCUT2D eigenvalue weighted by Gasteiger charge is 1.93. The summed E-state index contributed by atoms with van der Waals surface area (Å²) in [6.45, 7) is 4.07. The molecule has 1 aromatic rings. The Hall–Kier alpha value is -0.340. The van der Waals surface area contributed by atoms with Gasteiger partial charge in [0.1, 0.15) is 0 Å². The molecule has 0 fully saturated rings. The van der Waals surface area contributed by atoms with Crippen LogP contribution in [0.5, 0.6) is 0 Å². The van der Waals surface area contributed by atoms with Crippen molar-refractivity contribution in [3.05, 3.63) is 35.4 Å². The third-order valence-corrected chi connectivity index (χ3v) is 2.80. The van der Waals surface area contributed by atoms with E-state index in [4.69, 9.17) is 12.2 Å². The van der Waals surface area contributed by atoms with Gasteiger partial charge in [0.05, 0.1) is 0 Å². The maximum Gasteiger partial charge on any atom is 0.0450 e. The minimum atomic E-state index is 0.996. The lowest BCUT2D eigenvalue weighted by atomic mass is 10.2. The van der Waals surface area contributed by atoms with Crippen LogP contribution < -0.4 is 0 Å². The van der Waals surface area contributed by atoms with E-state index in [-0.39, 0.29) is 0 Å². The standard InChI is InChI=1S/C10H12S2/c1-8-3-5-10(6-4-8)7-12-9(2)11/h3-6H,7H2,1-2H3. The van der Waals surface area contributed by atoms with Crippen molar-refractivity contribution >= 4 is 28.2 Å². The molecular weight excluding hydrogens is 184 g/mol. The summed E-state index contributed by atoms with van der Waals surface area (Å²) >= 11 is 6.71. The number of benzene rings is 1. The molecule has 0 N–H and O–H groups in total. The number of hydrogen-bond acceptors (Lipinski definition) is 2. The van der Waals surface area contributed by atoms with Crippen molar-refractivity contribution < 1.29 is 0 Å². The van der Waals surface area contributed by atoms with Gasteiger partial charge in [-0.25, -0.2) is 0 Å². The predicted octanol–water partition coefficient (Wildman–Crippen LogP) is 3.58. The molecule has 0 amide bonds. The number of thioether (sulfide) groups is 1. The maximum atomic E-state index is 4.98. The lowest BCUT2D eigenvalue weighted by Gasteiger charge is -1.99. The molecule has 0 aromatic heterocycles. The van der Waals surface area contributed by atoms with Crippen LogP contribution in [-0.4, -0.2) is 4.20 Å². The third-order valence-electron chi connectivity index (χ3n) is 1.56. The summed E-state index contributed by atoms with van der Waals surface area (Å²) in [7, 11) is 0.